The van der Waals surface area contributed by atoms with E-state index in [4.69, 9.17) is 5.73 Å². The molecule has 0 rings (SSSR count). The molecule has 0 saturated heterocycles. The first-order chi connectivity index (χ1) is 4.18. The van der Waals surface area contributed by atoms with Gasteiger partial charge in [0, 0.05) is 5.92 Å². The molecule has 1 radical (unpaired) electrons. The van der Waals surface area contributed by atoms with Gasteiger partial charge < -0.3 is 0 Å². The Balaban J connectivity index is 3.27. The lowest BCUT2D eigenvalue weighted by molar-refractivity contribution is -0.122. The Hall–Kier alpha value is -0.530. The lowest BCUT2D eigenvalue weighted by Crippen LogP contribution is -2.10. The van der Waals surface area contributed by atoms with Crippen molar-refractivity contribution in [1.29, 1.82) is 0 Å². The van der Waals surface area contributed by atoms with Crippen molar-refractivity contribution < 1.29 is 4.79 Å². The first kappa shape index (κ1) is 8.47. The summed E-state index contributed by atoms with van der Waals surface area (Å²) in [5.41, 5.74) is 6.72. The summed E-state index contributed by atoms with van der Waals surface area (Å²) in [6.07, 6.45) is 3.04. The molecule has 0 aromatic carbocycles. The average molecular weight is 128 g/mol. The van der Waals surface area contributed by atoms with Gasteiger partial charge in [-0.25, -0.2) is 0 Å². The molecule has 0 aromatic rings. The highest BCUT2D eigenvalue weighted by Gasteiger charge is 2.06. The van der Waals surface area contributed by atoms with Crippen LogP contribution in [-0.2, 0) is 4.79 Å². The van der Waals surface area contributed by atoms with Crippen LogP contribution in [0.1, 0.15) is 33.1 Å². The average Bonchev–Trinajstić information content (AvgIpc) is 1.82. The Labute approximate surface area is 56.4 Å². The number of hydrogen-bond acceptors (Lipinski definition) is 1. The van der Waals surface area contributed by atoms with E-state index < -0.39 is 5.91 Å². The molecule has 1 atom stereocenters. The topological polar surface area (TPSA) is 40.9 Å². The van der Waals surface area contributed by atoms with Crippen LogP contribution < -0.4 is 5.73 Å². The third kappa shape index (κ3) is 4.01. The highest BCUT2D eigenvalue weighted by Crippen LogP contribution is 2.06. The van der Waals surface area contributed by atoms with Gasteiger partial charge in [0.2, 0.25) is 5.91 Å². The minimum atomic E-state index is -0.427. The lowest BCUT2D eigenvalue weighted by atomic mass is 10.0. The Morgan fingerprint density at radius 2 is 2.22 bits per heavy atom. The molecule has 2 heteroatoms. The molecule has 0 spiro atoms. The quantitative estimate of drug-likeness (QED) is 0.567. The molecule has 0 aliphatic rings. The van der Waals surface area contributed by atoms with Crippen molar-refractivity contribution in [3.8, 4) is 0 Å². The molecule has 1 amide bonds. The van der Waals surface area contributed by atoms with E-state index in [0.717, 1.165) is 19.3 Å². The zero-order valence-electron chi connectivity index (χ0n) is 6.11. The van der Waals surface area contributed by atoms with Gasteiger partial charge in [0.1, 0.15) is 0 Å². The second kappa shape index (κ2) is 4.36. The van der Waals surface area contributed by atoms with Gasteiger partial charge in [-0.1, -0.05) is 26.7 Å². The van der Waals surface area contributed by atoms with Crippen molar-refractivity contribution in [3.63, 3.8) is 0 Å². The van der Waals surface area contributed by atoms with Gasteiger partial charge in [-0.15, -0.1) is 0 Å². The van der Waals surface area contributed by atoms with Crippen LogP contribution in [0.15, 0.2) is 0 Å². The van der Waals surface area contributed by atoms with Crippen molar-refractivity contribution in [2.75, 3.05) is 0 Å². The molecule has 0 aromatic heterocycles. The summed E-state index contributed by atoms with van der Waals surface area (Å²) < 4.78 is 0. The van der Waals surface area contributed by atoms with E-state index >= 15 is 0 Å². The largest absolute Gasteiger partial charge is 0.273 e. The lowest BCUT2D eigenvalue weighted by Gasteiger charge is -2.02. The zero-order valence-corrected chi connectivity index (χ0v) is 6.11. The Kier molecular flexibility index (Phi) is 4.10. The number of carbonyl (C=O) groups is 1. The summed E-state index contributed by atoms with van der Waals surface area (Å²) in [7, 11) is 0. The summed E-state index contributed by atoms with van der Waals surface area (Å²) in [4.78, 5) is 10.3. The normalized spacial score (nSPS) is 13.1. The van der Waals surface area contributed by atoms with Gasteiger partial charge in [-0.2, -0.15) is 0 Å². The molecular weight excluding hydrogens is 114 g/mol. The Morgan fingerprint density at radius 3 is 2.56 bits per heavy atom. The smallest absolute Gasteiger partial charge is 0.241 e. The van der Waals surface area contributed by atoms with Crippen molar-refractivity contribution in [2.45, 2.75) is 33.1 Å². The van der Waals surface area contributed by atoms with Gasteiger partial charge in [0.25, 0.3) is 0 Å². The van der Waals surface area contributed by atoms with Crippen molar-refractivity contribution in [1.82, 2.24) is 5.73 Å². The summed E-state index contributed by atoms with van der Waals surface area (Å²) in [6.45, 7) is 3.89. The van der Waals surface area contributed by atoms with Crippen LogP contribution in [-0.4, -0.2) is 5.91 Å². The van der Waals surface area contributed by atoms with E-state index in [9.17, 15) is 4.79 Å². The third-order valence-electron chi connectivity index (χ3n) is 1.44. The Bertz CT molecular complexity index is 90.9. The molecule has 9 heavy (non-hydrogen) atoms. The molecule has 0 bridgehead atoms. The zero-order chi connectivity index (χ0) is 7.28. The van der Waals surface area contributed by atoms with Gasteiger partial charge in [0.05, 0.1) is 0 Å². The first-order valence-corrected chi connectivity index (χ1v) is 3.44. The van der Waals surface area contributed by atoms with Gasteiger partial charge in [-0.05, 0) is 6.42 Å². The first-order valence-electron chi connectivity index (χ1n) is 3.44. The third-order valence-corrected chi connectivity index (χ3v) is 1.44. The van der Waals surface area contributed by atoms with Crippen LogP contribution in [0.3, 0.4) is 0 Å². The number of unbranched alkanes of at least 4 members (excludes halogenated alkanes) is 1. The summed E-state index contributed by atoms with van der Waals surface area (Å²) in [5, 5.41) is 0. The highest BCUT2D eigenvalue weighted by atomic mass is 16.1. The van der Waals surface area contributed by atoms with Crippen molar-refractivity contribution in [3.05, 3.63) is 0 Å². The van der Waals surface area contributed by atoms with Gasteiger partial charge in [0.15, 0.2) is 0 Å². The molecule has 0 saturated carbocycles. The molecule has 1 N–H and O–H groups in total. The summed E-state index contributed by atoms with van der Waals surface area (Å²) in [6, 6.07) is 0. The maximum Gasteiger partial charge on any atom is 0.241 e. The predicted octanol–water partition coefficient (Wildman–Crippen LogP) is 1.62. The van der Waals surface area contributed by atoms with Crippen LogP contribution in [0.2, 0.25) is 0 Å². The number of carbonyl (C=O) groups excluding carboxylic acids is 1. The number of nitrogens with one attached hydrogen (secondary N) is 1. The van der Waals surface area contributed by atoms with E-state index in [1.807, 2.05) is 6.92 Å². The molecule has 0 heterocycles. The SMILES string of the molecule is CCCCC(C)C([NH])=O. The molecule has 0 fully saturated rings. The van der Waals surface area contributed by atoms with Crippen LogP contribution in [0.4, 0.5) is 0 Å². The van der Waals surface area contributed by atoms with Gasteiger partial charge >= 0.3 is 0 Å². The minimum absolute atomic E-state index is 0.0510. The van der Waals surface area contributed by atoms with E-state index in [-0.39, 0.29) is 5.92 Å². The molecule has 0 aliphatic carbocycles. The monoisotopic (exact) mass is 128 g/mol. The van der Waals surface area contributed by atoms with Crippen LogP contribution >= 0.6 is 0 Å². The molecule has 1 unspecified atom stereocenters. The van der Waals surface area contributed by atoms with Crippen LogP contribution in [0.25, 0.3) is 0 Å². The van der Waals surface area contributed by atoms with E-state index in [2.05, 4.69) is 6.92 Å². The maximum absolute atomic E-state index is 10.3. The van der Waals surface area contributed by atoms with Crippen molar-refractivity contribution >= 4 is 5.91 Å². The van der Waals surface area contributed by atoms with Crippen molar-refractivity contribution in [2.24, 2.45) is 5.92 Å². The fourth-order valence-corrected chi connectivity index (χ4v) is 0.641. The summed E-state index contributed by atoms with van der Waals surface area (Å²) >= 11 is 0. The highest BCUT2D eigenvalue weighted by molar-refractivity contribution is 5.75. The fraction of sp³-hybridized carbons (Fsp3) is 0.857. The molecule has 0 aliphatic heterocycles. The van der Waals surface area contributed by atoms with E-state index in [1.165, 1.54) is 0 Å². The minimum Gasteiger partial charge on any atom is -0.273 e. The standard InChI is InChI=1S/C7H14NO/c1-3-4-5-6(2)7(8)9/h6,8H,3-5H2,1-2H3. The second-order valence-corrected chi connectivity index (χ2v) is 2.41. The molecular formula is C7H14NO. The van der Waals surface area contributed by atoms with E-state index in [0.29, 0.717) is 0 Å². The predicted molar refractivity (Wildman–Crippen MR) is 36.8 cm³/mol. The van der Waals surface area contributed by atoms with Crippen LogP contribution in [0, 0.1) is 5.92 Å². The molecule has 53 valence electrons. The molecule has 2 nitrogen and oxygen atoms in total. The second-order valence-electron chi connectivity index (χ2n) is 2.41. The maximum atomic E-state index is 10.3. The number of amides is 1. The Morgan fingerprint density at radius 1 is 1.67 bits per heavy atom. The summed E-state index contributed by atoms with van der Waals surface area (Å²) in [5.74, 6) is -0.478. The number of hydrogen-bond donors (Lipinski definition) is 0. The fourth-order valence-electron chi connectivity index (χ4n) is 0.641. The van der Waals surface area contributed by atoms with Crippen LogP contribution in [0.5, 0.6) is 0 Å². The number of rotatable bonds is 4. The van der Waals surface area contributed by atoms with E-state index in [1.54, 1.807) is 0 Å². The van der Waals surface area contributed by atoms with Gasteiger partial charge in [-0.3, -0.25) is 10.5 Å².